The summed E-state index contributed by atoms with van der Waals surface area (Å²) in [6, 6.07) is 19.5. The molecule has 204 valence electrons. The van der Waals surface area contributed by atoms with Crippen molar-refractivity contribution in [3.63, 3.8) is 0 Å². The molecule has 0 aromatic heterocycles. The van der Waals surface area contributed by atoms with E-state index in [1.54, 1.807) is 24.3 Å². The Morgan fingerprint density at radius 3 is 1.00 bits per heavy atom. The highest BCUT2D eigenvalue weighted by Crippen LogP contribution is 2.35. The van der Waals surface area contributed by atoms with Crippen LogP contribution in [-0.2, 0) is 6.42 Å². The fraction of sp³-hybridized carbons (Fsp3) is 0.111. The van der Waals surface area contributed by atoms with Crippen LogP contribution in [0.1, 0.15) is 11.1 Å². The SMILES string of the molecule is FC(F)(F)Oc1ccc(-c2cc(I)c(Cc3c(I)cc(-c4ccc(OC(F)(F)F)cc4)cc3I)c(I)c2)cc1. The summed E-state index contributed by atoms with van der Waals surface area (Å²) in [4.78, 5) is 0. The summed E-state index contributed by atoms with van der Waals surface area (Å²) in [6.07, 6.45) is -8.82. The summed E-state index contributed by atoms with van der Waals surface area (Å²) in [5.41, 5.74) is 5.54. The van der Waals surface area contributed by atoms with Gasteiger partial charge in [-0.15, -0.1) is 26.3 Å². The van der Waals surface area contributed by atoms with Crippen LogP contribution in [0.2, 0.25) is 0 Å². The Morgan fingerprint density at radius 2 is 0.744 bits per heavy atom. The first-order valence-electron chi connectivity index (χ1n) is 10.9. The molecule has 0 aliphatic heterocycles. The normalized spacial score (nSPS) is 11.9. The van der Waals surface area contributed by atoms with E-state index in [9.17, 15) is 26.3 Å². The maximum absolute atomic E-state index is 12.5. The molecule has 0 fully saturated rings. The Morgan fingerprint density at radius 1 is 0.462 bits per heavy atom. The van der Waals surface area contributed by atoms with E-state index in [2.05, 4.69) is 99.8 Å². The molecule has 0 unspecified atom stereocenters. The highest BCUT2D eigenvalue weighted by Gasteiger charge is 2.31. The lowest BCUT2D eigenvalue weighted by atomic mass is 9.98. The molecule has 0 bridgehead atoms. The fourth-order valence-corrected chi connectivity index (χ4v) is 8.05. The van der Waals surface area contributed by atoms with Crippen molar-refractivity contribution in [1.29, 1.82) is 0 Å². The lowest BCUT2D eigenvalue weighted by Gasteiger charge is -2.15. The van der Waals surface area contributed by atoms with E-state index >= 15 is 0 Å². The lowest BCUT2D eigenvalue weighted by Crippen LogP contribution is -2.16. The van der Waals surface area contributed by atoms with Crippen molar-refractivity contribution in [3.05, 3.63) is 98.2 Å². The average molecular weight is 992 g/mol. The van der Waals surface area contributed by atoms with Gasteiger partial charge in [-0.25, -0.2) is 0 Å². The Kier molecular flexibility index (Phi) is 9.88. The Hall–Kier alpha value is -1.02. The summed E-state index contributed by atoms with van der Waals surface area (Å²) in [5, 5.41) is 0. The molecule has 12 heteroatoms. The van der Waals surface area contributed by atoms with E-state index in [0.29, 0.717) is 6.42 Å². The maximum Gasteiger partial charge on any atom is 0.573 e. The molecule has 0 spiro atoms. The highest BCUT2D eigenvalue weighted by atomic mass is 127. The van der Waals surface area contributed by atoms with Gasteiger partial charge in [0, 0.05) is 20.7 Å². The molecule has 0 aliphatic carbocycles. The molecule has 0 heterocycles. The molecule has 0 amide bonds. The van der Waals surface area contributed by atoms with Gasteiger partial charge in [-0.05, 0) is 172 Å². The number of halogens is 10. The molecular formula is C27H14F6I4O2. The van der Waals surface area contributed by atoms with Crippen molar-refractivity contribution in [1.82, 2.24) is 0 Å². The van der Waals surface area contributed by atoms with E-state index in [-0.39, 0.29) is 11.5 Å². The summed E-state index contributed by atoms with van der Waals surface area (Å²) < 4.78 is 86.7. The fourth-order valence-electron chi connectivity index (χ4n) is 3.75. The molecule has 39 heavy (non-hydrogen) atoms. The van der Waals surface area contributed by atoms with Crippen LogP contribution >= 0.6 is 90.4 Å². The standard InChI is InChI=1S/C27H14F6I4O2/c28-26(29,30)38-18-5-1-14(2-6-18)16-9-22(34)20(23(35)10-16)13-21-24(36)11-17(12-25(21)37)15-3-7-19(8-4-15)39-27(31,32)33/h1-12H,13H2. The van der Waals surface area contributed by atoms with Crippen LogP contribution in [0.3, 0.4) is 0 Å². The molecule has 0 radical (unpaired) electrons. The van der Waals surface area contributed by atoms with Gasteiger partial charge < -0.3 is 9.47 Å². The van der Waals surface area contributed by atoms with Gasteiger partial charge in [0.1, 0.15) is 11.5 Å². The molecule has 0 saturated carbocycles. The number of hydrogen-bond acceptors (Lipinski definition) is 2. The van der Waals surface area contributed by atoms with Gasteiger partial charge >= 0.3 is 12.7 Å². The second kappa shape index (κ2) is 12.5. The zero-order chi connectivity index (χ0) is 28.5. The van der Waals surface area contributed by atoms with Crippen LogP contribution in [0.15, 0.2) is 72.8 Å². The largest absolute Gasteiger partial charge is 0.573 e. The first kappa shape index (κ1) is 30.9. The van der Waals surface area contributed by atoms with E-state index in [4.69, 9.17) is 0 Å². The van der Waals surface area contributed by atoms with Crippen LogP contribution in [0.25, 0.3) is 22.3 Å². The third-order valence-electron chi connectivity index (χ3n) is 5.48. The maximum atomic E-state index is 12.5. The van der Waals surface area contributed by atoms with Crippen LogP contribution in [0, 0.1) is 14.3 Å². The number of benzene rings is 4. The number of ether oxygens (including phenoxy) is 2. The number of hydrogen-bond donors (Lipinski definition) is 0. The molecule has 0 N–H and O–H groups in total. The molecule has 0 aliphatic rings. The Labute approximate surface area is 274 Å². The van der Waals surface area contributed by atoms with Gasteiger partial charge in [0.2, 0.25) is 0 Å². The zero-order valence-corrected chi connectivity index (χ0v) is 27.9. The molecule has 4 aromatic carbocycles. The molecule has 0 atom stereocenters. The Balaban J connectivity index is 1.56. The van der Waals surface area contributed by atoms with E-state index in [1.807, 2.05) is 24.3 Å². The molecular weight excluding hydrogens is 978 g/mol. The minimum Gasteiger partial charge on any atom is -0.406 e. The molecule has 4 aromatic rings. The van der Waals surface area contributed by atoms with Gasteiger partial charge in [-0.1, -0.05) is 24.3 Å². The van der Waals surface area contributed by atoms with E-state index in [0.717, 1.165) is 47.7 Å². The van der Waals surface area contributed by atoms with Gasteiger partial charge in [0.05, 0.1) is 0 Å². The molecule has 2 nitrogen and oxygen atoms in total. The van der Waals surface area contributed by atoms with Crippen molar-refractivity contribution < 1.29 is 35.8 Å². The van der Waals surface area contributed by atoms with Crippen molar-refractivity contribution in [2.75, 3.05) is 0 Å². The number of alkyl halides is 6. The van der Waals surface area contributed by atoms with Crippen molar-refractivity contribution in [2.24, 2.45) is 0 Å². The minimum atomic E-state index is -4.74. The minimum absolute atomic E-state index is 0.273. The number of rotatable bonds is 6. The van der Waals surface area contributed by atoms with Crippen molar-refractivity contribution in [3.8, 4) is 33.8 Å². The van der Waals surface area contributed by atoms with Gasteiger partial charge in [-0.3, -0.25) is 0 Å². The first-order chi connectivity index (χ1) is 18.2. The van der Waals surface area contributed by atoms with Crippen LogP contribution in [0.5, 0.6) is 11.5 Å². The topological polar surface area (TPSA) is 18.5 Å². The Bertz CT molecular complexity index is 1330. The third-order valence-corrected chi connectivity index (χ3v) is 9.33. The van der Waals surface area contributed by atoms with Crippen LogP contribution < -0.4 is 9.47 Å². The molecule has 0 saturated heterocycles. The summed E-state index contributed by atoms with van der Waals surface area (Å²) in [6.45, 7) is 0. The molecule has 4 rings (SSSR count). The smallest absolute Gasteiger partial charge is 0.406 e. The quantitative estimate of drug-likeness (QED) is 0.142. The van der Waals surface area contributed by atoms with Crippen LogP contribution in [0.4, 0.5) is 26.3 Å². The predicted octanol–water partition coefficient (Wildman–Crippen LogP) is 10.8. The second-order valence-corrected chi connectivity index (χ2v) is 12.8. The average Bonchev–Trinajstić information content (AvgIpc) is 2.81. The van der Waals surface area contributed by atoms with Crippen molar-refractivity contribution in [2.45, 2.75) is 19.1 Å². The van der Waals surface area contributed by atoms with Crippen LogP contribution in [-0.4, -0.2) is 12.7 Å². The van der Waals surface area contributed by atoms with Gasteiger partial charge in [0.25, 0.3) is 0 Å². The zero-order valence-electron chi connectivity index (χ0n) is 19.2. The summed E-state index contributed by atoms with van der Waals surface area (Å²) >= 11 is 9.06. The third kappa shape index (κ3) is 8.50. The van der Waals surface area contributed by atoms with E-state index < -0.39 is 12.7 Å². The van der Waals surface area contributed by atoms with Gasteiger partial charge in [-0.2, -0.15) is 0 Å². The van der Waals surface area contributed by atoms with Gasteiger partial charge in [0.15, 0.2) is 0 Å². The highest BCUT2D eigenvalue weighted by molar-refractivity contribution is 14.1. The van der Waals surface area contributed by atoms with E-state index in [1.165, 1.54) is 24.3 Å². The van der Waals surface area contributed by atoms with Crippen molar-refractivity contribution >= 4 is 90.4 Å². The second-order valence-electron chi connectivity index (χ2n) is 8.16. The lowest BCUT2D eigenvalue weighted by molar-refractivity contribution is -0.275. The monoisotopic (exact) mass is 992 g/mol. The predicted molar refractivity (Wildman–Crippen MR) is 171 cm³/mol. The summed E-state index contributed by atoms with van der Waals surface area (Å²) in [7, 11) is 0. The summed E-state index contributed by atoms with van der Waals surface area (Å²) in [5.74, 6) is -0.545. The first-order valence-corrected chi connectivity index (χ1v) is 15.2.